The van der Waals surface area contributed by atoms with E-state index < -0.39 is 0 Å². The van der Waals surface area contributed by atoms with E-state index in [1.54, 1.807) is 12.3 Å². The molecule has 0 amide bonds. The van der Waals surface area contributed by atoms with Crippen LogP contribution in [0.2, 0.25) is 0 Å². The molecule has 0 fully saturated rings. The number of fused-ring (bicyclic) bond motifs is 1. The lowest BCUT2D eigenvalue weighted by molar-refractivity contribution is 0.961. The van der Waals surface area contributed by atoms with Crippen molar-refractivity contribution in [2.45, 2.75) is 10.3 Å². The lowest BCUT2D eigenvalue weighted by Crippen LogP contribution is -1.93. The first-order chi connectivity index (χ1) is 8.31. The Morgan fingerprint density at radius 3 is 2.82 bits per heavy atom. The molecule has 6 heteroatoms. The summed E-state index contributed by atoms with van der Waals surface area (Å²) in [5.41, 5.74) is 7.52. The standard InChI is InChI=1S/C11H9N5S/c12-9-5-6-13-10(16-9)17-11-14-7-3-1-2-4-8(7)15-11/h1-6H,(H,14,15)(H2,12,13,16). The van der Waals surface area contributed by atoms with Gasteiger partial charge in [-0.05, 0) is 30.0 Å². The SMILES string of the molecule is Nc1ccnc(Sc2nc3ccccc3[nH]2)n1. The largest absolute Gasteiger partial charge is 0.384 e. The third kappa shape index (κ3) is 2.07. The molecule has 0 aliphatic rings. The van der Waals surface area contributed by atoms with Crippen molar-refractivity contribution in [1.82, 2.24) is 19.9 Å². The van der Waals surface area contributed by atoms with Crippen LogP contribution in [0.1, 0.15) is 0 Å². The monoisotopic (exact) mass is 243 g/mol. The molecule has 17 heavy (non-hydrogen) atoms. The molecule has 1 aromatic carbocycles. The van der Waals surface area contributed by atoms with Crippen LogP contribution in [-0.2, 0) is 0 Å². The van der Waals surface area contributed by atoms with Gasteiger partial charge in [-0.25, -0.2) is 15.0 Å². The Morgan fingerprint density at radius 1 is 1.12 bits per heavy atom. The average Bonchev–Trinajstić information content (AvgIpc) is 2.71. The van der Waals surface area contributed by atoms with E-state index in [-0.39, 0.29) is 0 Å². The topological polar surface area (TPSA) is 80.5 Å². The number of para-hydroxylation sites is 2. The van der Waals surface area contributed by atoms with Gasteiger partial charge in [0.15, 0.2) is 10.3 Å². The molecule has 84 valence electrons. The molecule has 0 aliphatic carbocycles. The van der Waals surface area contributed by atoms with E-state index >= 15 is 0 Å². The van der Waals surface area contributed by atoms with Crippen molar-refractivity contribution in [1.29, 1.82) is 0 Å². The minimum absolute atomic E-state index is 0.457. The molecule has 0 radical (unpaired) electrons. The van der Waals surface area contributed by atoms with Crippen molar-refractivity contribution in [3.8, 4) is 0 Å². The number of nitrogens with two attached hydrogens (primary N) is 1. The zero-order valence-electron chi connectivity index (χ0n) is 8.79. The lowest BCUT2D eigenvalue weighted by atomic mass is 10.3. The average molecular weight is 243 g/mol. The predicted octanol–water partition coefficient (Wildman–Crippen LogP) is 2.09. The molecule has 0 aliphatic heterocycles. The third-order valence-electron chi connectivity index (χ3n) is 2.21. The number of hydrogen-bond donors (Lipinski definition) is 2. The van der Waals surface area contributed by atoms with E-state index in [2.05, 4.69) is 19.9 Å². The summed E-state index contributed by atoms with van der Waals surface area (Å²) in [6.45, 7) is 0. The summed E-state index contributed by atoms with van der Waals surface area (Å²) >= 11 is 1.36. The van der Waals surface area contributed by atoms with Crippen LogP contribution in [0.15, 0.2) is 46.8 Å². The molecule has 5 nitrogen and oxygen atoms in total. The molecule has 3 rings (SSSR count). The van der Waals surface area contributed by atoms with E-state index in [4.69, 9.17) is 5.73 Å². The van der Waals surface area contributed by atoms with Gasteiger partial charge in [-0.2, -0.15) is 0 Å². The van der Waals surface area contributed by atoms with Gasteiger partial charge in [0.05, 0.1) is 11.0 Å². The summed E-state index contributed by atoms with van der Waals surface area (Å²) < 4.78 is 0. The highest BCUT2D eigenvalue weighted by atomic mass is 32.2. The van der Waals surface area contributed by atoms with Crippen LogP contribution in [0.4, 0.5) is 5.82 Å². The first-order valence-electron chi connectivity index (χ1n) is 5.02. The van der Waals surface area contributed by atoms with Gasteiger partial charge in [-0.1, -0.05) is 12.1 Å². The summed E-state index contributed by atoms with van der Waals surface area (Å²) in [6.07, 6.45) is 1.63. The fourth-order valence-corrected chi connectivity index (χ4v) is 2.21. The number of nitrogens with zero attached hydrogens (tertiary/aromatic N) is 3. The zero-order chi connectivity index (χ0) is 11.7. The highest BCUT2D eigenvalue weighted by molar-refractivity contribution is 7.99. The summed E-state index contributed by atoms with van der Waals surface area (Å²) in [4.78, 5) is 15.8. The molecule has 0 bridgehead atoms. The summed E-state index contributed by atoms with van der Waals surface area (Å²) in [6, 6.07) is 9.51. The Morgan fingerprint density at radius 2 is 2.00 bits per heavy atom. The molecule has 0 atom stereocenters. The number of hydrogen-bond acceptors (Lipinski definition) is 5. The van der Waals surface area contributed by atoms with Crippen LogP contribution >= 0.6 is 11.8 Å². The molecular weight excluding hydrogens is 234 g/mol. The van der Waals surface area contributed by atoms with E-state index in [1.165, 1.54) is 11.8 Å². The van der Waals surface area contributed by atoms with Gasteiger partial charge >= 0.3 is 0 Å². The molecule has 0 saturated carbocycles. The normalized spacial score (nSPS) is 10.8. The van der Waals surface area contributed by atoms with Gasteiger partial charge in [0.25, 0.3) is 0 Å². The highest BCUT2D eigenvalue weighted by Gasteiger charge is 2.06. The lowest BCUT2D eigenvalue weighted by Gasteiger charge is -1.96. The number of anilines is 1. The van der Waals surface area contributed by atoms with E-state index in [0.29, 0.717) is 11.0 Å². The molecule has 2 aromatic heterocycles. The number of rotatable bonds is 2. The van der Waals surface area contributed by atoms with Crippen molar-refractivity contribution in [3.63, 3.8) is 0 Å². The molecule has 3 N–H and O–H groups in total. The third-order valence-corrected chi connectivity index (χ3v) is 2.98. The second-order valence-corrected chi connectivity index (χ2v) is 4.38. The van der Waals surface area contributed by atoms with Gasteiger partial charge < -0.3 is 10.7 Å². The number of nitrogen functional groups attached to an aromatic ring is 1. The second-order valence-electron chi connectivity index (χ2n) is 3.43. The maximum atomic E-state index is 5.59. The molecule has 0 unspecified atom stereocenters. The van der Waals surface area contributed by atoms with Crippen LogP contribution in [0.5, 0.6) is 0 Å². The Hall–Kier alpha value is -2.08. The fraction of sp³-hybridized carbons (Fsp3) is 0. The number of imidazole rings is 1. The van der Waals surface area contributed by atoms with Gasteiger partial charge in [-0.15, -0.1) is 0 Å². The Balaban J connectivity index is 1.94. The predicted molar refractivity (Wildman–Crippen MR) is 66.7 cm³/mol. The van der Waals surface area contributed by atoms with Crippen LogP contribution < -0.4 is 5.73 Å². The quantitative estimate of drug-likeness (QED) is 0.673. The number of aromatic amines is 1. The first-order valence-corrected chi connectivity index (χ1v) is 5.84. The van der Waals surface area contributed by atoms with Crippen LogP contribution in [0.25, 0.3) is 11.0 Å². The van der Waals surface area contributed by atoms with Crippen molar-refractivity contribution < 1.29 is 0 Å². The van der Waals surface area contributed by atoms with Crippen molar-refractivity contribution in [2.24, 2.45) is 0 Å². The Bertz CT molecular complexity index is 631. The van der Waals surface area contributed by atoms with Crippen LogP contribution in [-0.4, -0.2) is 19.9 Å². The minimum atomic E-state index is 0.457. The second kappa shape index (κ2) is 4.06. The summed E-state index contributed by atoms with van der Waals surface area (Å²) in [7, 11) is 0. The zero-order valence-corrected chi connectivity index (χ0v) is 9.61. The highest BCUT2D eigenvalue weighted by Crippen LogP contribution is 2.24. The smallest absolute Gasteiger partial charge is 0.197 e. The fourth-order valence-electron chi connectivity index (χ4n) is 1.47. The number of H-pyrrole nitrogens is 1. The molecule has 3 aromatic rings. The van der Waals surface area contributed by atoms with E-state index in [9.17, 15) is 0 Å². The minimum Gasteiger partial charge on any atom is -0.384 e. The summed E-state index contributed by atoms with van der Waals surface area (Å²) in [5, 5.41) is 1.35. The van der Waals surface area contributed by atoms with Gasteiger partial charge in [-0.3, -0.25) is 0 Å². The first kappa shape index (κ1) is 10.1. The maximum Gasteiger partial charge on any atom is 0.197 e. The number of benzene rings is 1. The van der Waals surface area contributed by atoms with Crippen molar-refractivity contribution in [2.75, 3.05) is 5.73 Å². The van der Waals surface area contributed by atoms with Crippen molar-refractivity contribution >= 4 is 28.6 Å². The van der Waals surface area contributed by atoms with E-state index in [0.717, 1.165) is 16.2 Å². The molecular formula is C11H9N5S. The Kier molecular flexibility index (Phi) is 2.41. The molecule has 2 heterocycles. The molecule has 0 spiro atoms. The Labute approximate surface area is 102 Å². The summed E-state index contributed by atoms with van der Waals surface area (Å²) in [5.74, 6) is 0.457. The maximum absolute atomic E-state index is 5.59. The number of aromatic nitrogens is 4. The van der Waals surface area contributed by atoms with Gasteiger partial charge in [0.1, 0.15) is 5.82 Å². The molecule has 0 saturated heterocycles. The van der Waals surface area contributed by atoms with Crippen LogP contribution in [0.3, 0.4) is 0 Å². The van der Waals surface area contributed by atoms with E-state index in [1.807, 2.05) is 24.3 Å². The number of nitrogens with one attached hydrogen (secondary N) is 1. The van der Waals surface area contributed by atoms with Gasteiger partial charge in [0.2, 0.25) is 0 Å². The van der Waals surface area contributed by atoms with Crippen molar-refractivity contribution in [3.05, 3.63) is 36.5 Å². The van der Waals surface area contributed by atoms with Crippen LogP contribution in [0, 0.1) is 0 Å². The van der Waals surface area contributed by atoms with Gasteiger partial charge in [0, 0.05) is 6.20 Å².